The number of alkyl halides is 3. The van der Waals surface area contributed by atoms with Crippen LogP contribution in [0.2, 0.25) is 0 Å². The van der Waals surface area contributed by atoms with Gasteiger partial charge in [0.25, 0.3) is 0 Å². The Bertz CT molecular complexity index is 773. The van der Waals surface area contributed by atoms with Crippen LogP contribution in [0.15, 0.2) is 41.7 Å². The summed E-state index contributed by atoms with van der Waals surface area (Å²) >= 11 is 0. The SMILES string of the molecule is CN=C(NCc1cccc(C(F)(F)F)c1)NCC(c1cnn(C)c1)N(C)C.I. The van der Waals surface area contributed by atoms with Gasteiger partial charge in [-0.1, -0.05) is 12.1 Å². The van der Waals surface area contributed by atoms with E-state index in [0.717, 1.165) is 17.7 Å². The van der Waals surface area contributed by atoms with Crippen LogP contribution in [0.5, 0.6) is 0 Å². The van der Waals surface area contributed by atoms with E-state index in [1.807, 2.05) is 33.5 Å². The van der Waals surface area contributed by atoms with Crippen LogP contribution in [-0.4, -0.2) is 48.3 Å². The molecule has 1 aromatic heterocycles. The smallest absolute Gasteiger partial charge is 0.354 e. The molecule has 0 aliphatic heterocycles. The summed E-state index contributed by atoms with van der Waals surface area (Å²) in [5.41, 5.74) is 0.932. The molecule has 0 spiro atoms. The highest BCUT2D eigenvalue weighted by Crippen LogP contribution is 2.29. The van der Waals surface area contributed by atoms with E-state index in [1.165, 1.54) is 6.07 Å². The first kappa shape index (κ1) is 24.2. The van der Waals surface area contributed by atoms with Gasteiger partial charge in [0, 0.05) is 38.9 Å². The van der Waals surface area contributed by atoms with Gasteiger partial charge < -0.3 is 15.5 Å². The van der Waals surface area contributed by atoms with Gasteiger partial charge in [0.2, 0.25) is 0 Å². The number of likely N-dealkylation sites (N-methyl/N-ethyl adjacent to an activating group) is 1. The molecule has 2 aromatic rings. The summed E-state index contributed by atoms with van der Waals surface area (Å²) in [4.78, 5) is 6.20. The maximum absolute atomic E-state index is 12.8. The number of nitrogens with one attached hydrogen (secondary N) is 2. The number of aryl methyl sites for hydroxylation is 1. The molecule has 1 aromatic carbocycles. The standard InChI is InChI=1S/C18H25F3N6.HI/c1-22-17(23-9-13-6-5-7-15(8-13)18(19,20)21)24-11-16(26(2)3)14-10-25-27(4)12-14;/h5-8,10,12,16H,9,11H2,1-4H3,(H2,22,23,24);1H. The van der Waals surface area contributed by atoms with Crippen LogP contribution < -0.4 is 10.6 Å². The molecule has 156 valence electrons. The average Bonchev–Trinajstić information content (AvgIpc) is 3.03. The average molecular weight is 510 g/mol. The van der Waals surface area contributed by atoms with Gasteiger partial charge in [-0.15, -0.1) is 24.0 Å². The molecule has 0 saturated carbocycles. The van der Waals surface area contributed by atoms with E-state index < -0.39 is 11.7 Å². The van der Waals surface area contributed by atoms with E-state index in [-0.39, 0.29) is 36.6 Å². The predicted molar refractivity (Wildman–Crippen MR) is 115 cm³/mol. The number of rotatable bonds is 6. The van der Waals surface area contributed by atoms with Crippen LogP contribution >= 0.6 is 24.0 Å². The number of halogens is 4. The zero-order valence-corrected chi connectivity index (χ0v) is 18.6. The van der Waals surface area contributed by atoms with Crippen LogP contribution in [0.3, 0.4) is 0 Å². The zero-order chi connectivity index (χ0) is 20.0. The highest BCUT2D eigenvalue weighted by atomic mass is 127. The van der Waals surface area contributed by atoms with Crippen LogP contribution in [0.25, 0.3) is 0 Å². The number of aromatic nitrogens is 2. The number of guanidine groups is 1. The minimum absolute atomic E-state index is 0. The fraction of sp³-hybridized carbons (Fsp3) is 0.444. The molecule has 0 amide bonds. The summed E-state index contributed by atoms with van der Waals surface area (Å²) < 4.78 is 40.2. The maximum atomic E-state index is 12.8. The van der Waals surface area contributed by atoms with Crippen LogP contribution in [0.4, 0.5) is 13.2 Å². The first-order valence-corrected chi connectivity index (χ1v) is 8.46. The lowest BCUT2D eigenvalue weighted by molar-refractivity contribution is -0.137. The van der Waals surface area contributed by atoms with Crippen molar-refractivity contribution in [3.63, 3.8) is 0 Å². The van der Waals surface area contributed by atoms with Crippen molar-refractivity contribution in [2.45, 2.75) is 18.8 Å². The van der Waals surface area contributed by atoms with Gasteiger partial charge in [0.15, 0.2) is 5.96 Å². The number of hydrogen-bond donors (Lipinski definition) is 2. The van der Waals surface area contributed by atoms with Crippen LogP contribution in [0, 0.1) is 0 Å². The van der Waals surface area contributed by atoms with Crippen LogP contribution in [0.1, 0.15) is 22.7 Å². The lowest BCUT2D eigenvalue weighted by Gasteiger charge is -2.24. The third-order valence-electron chi connectivity index (χ3n) is 4.13. The molecule has 1 unspecified atom stereocenters. The summed E-state index contributed by atoms with van der Waals surface area (Å²) in [5.74, 6) is 0.517. The highest BCUT2D eigenvalue weighted by Gasteiger charge is 2.30. The second-order valence-electron chi connectivity index (χ2n) is 6.43. The van der Waals surface area contributed by atoms with Crippen molar-refractivity contribution < 1.29 is 13.2 Å². The fourth-order valence-electron chi connectivity index (χ4n) is 2.67. The Morgan fingerprint density at radius 3 is 2.54 bits per heavy atom. The van der Waals surface area contributed by atoms with Crippen molar-refractivity contribution in [2.75, 3.05) is 27.7 Å². The summed E-state index contributed by atoms with van der Waals surface area (Å²) in [5, 5.41) is 10.5. The molecule has 0 aliphatic rings. The molecule has 2 rings (SSSR count). The lowest BCUT2D eigenvalue weighted by atomic mass is 10.1. The topological polar surface area (TPSA) is 57.5 Å². The van der Waals surface area contributed by atoms with Crippen LogP contribution in [-0.2, 0) is 19.8 Å². The van der Waals surface area contributed by atoms with Gasteiger partial charge in [-0.25, -0.2) is 0 Å². The molecule has 6 nitrogen and oxygen atoms in total. The Labute approximate surface area is 180 Å². The molecule has 1 atom stereocenters. The van der Waals surface area contributed by atoms with E-state index in [0.29, 0.717) is 18.1 Å². The van der Waals surface area contributed by atoms with Gasteiger partial charge in [0.05, 0.1) is 17.8 Å². The summed E-state index contributed by atoms with van der Waals surface area (Å²) in [6.07, 6.45) is -0.588. The van der Waals surface area contributed by atoms with E-state index in [1.54, 1.807) is 17.8 Å². The molecule has 1 heterocycles. The number of aliphatic imine (C=N–C) groups is 1. The van der Waals surface area contributed by atoms with E-state index in [2.05, 4.69) is 25.6 Å². The molecule has 0 aliphatic carbocycles. The second-order valence-corrected chi connectivity index (χ2v) is 6.43. The van der Waals surface area contributed by atoms with Crippen molar-refractivity contribution >= 4 is 29.9 Å². The Kier molecular flexibility index (Phi) is 9.21. The Hall–Kier alpha value is -1.82. The molecule has 28 heavy (non-hydrogen) atoms. The Morgan fingerprint density at radius 1 is 1.29 bits per heavy atom. The first-order chi connectivity index (χ1) is 12.7. The quantitative estimate of drug-likeness (QED) is 0.357. The number of benzene rings is 1. The van der Waals surface area contributed by atoms with Gasteiger partial charge in [-0.2, -0.15) is 18.3 Å². The van der Waals surface area contributed by atoms with Crippen molar-refractivity contribution in [3.8, 4) is 0 Å². The van der Waals surface area contributed by atoms with Crippen molar-refractivity contribution in [1.29, 1.82) is 0 Å². The van der Waals surface area contributed by atoms with E-state index in [4.69, 9.17) is 0 Å². The monoisotopic (exact) mass is 510 g/mol. The molecular formula is C18H26F3IN6. The third kappa shape index (κ3) is 6.97. The van der Waals surface area contributed by atoms with E-state index in [9.17, 15) is 13.2 Å². The fourth-order valence-corrected chi connectivity index (χ4v) is 2.67. The summed E-state index contributed by atoms with van der Waals surface area (Å²) in [6.45, 7) is 0.810. The predicted octanol–water partition coefficient (Wildman–Crippen LogP) is 3.02. The zero-order valence-electron chi connectivity index (χ0n) is 16.3. The van der Waals surface area contributed by atoms with E-state index >= 15 is 0 Å². The number of nitrogens with zero attached hydrogens (tertiary/aromatic N) is 4. The minimum atomic E-state index is -4.35. The van der Waals surface area contributed by atoms with Crippen molar-refractivity contribution in [3.05, 3.63) is 53.3 Å². The summed E-state index contributed by atoms with van der Waals surface area (Å²) in [6, 6.07) is 5.32. The highest BCUT2D eigenvalue weighted by molar-refractivity contribution is 14.0. The summed E-state index contributed by atoms with van der Waals surface area (Å²) in [7, 11) is 7.42. The molecule has 0 saturated heterocycles. The van der Waals surface area contributed by atoms with Gasteiger partial charge in [0.1, 0.15) is 0 Å². The van der Waals surface area contributed by atoms with Gasteiger partial charge in [-0.3, -0.25) is 9.67 Å². The third-order valence-corrected chi connectivity index (χ3v) is 4.13. The largest absolute Gasteiger partial charge is 0.416 e. The maximum Gasteiger partial charge on any atom is 0.416 e. The number of hydrogen-bond acceptors (Lipinski definition) is 3. The lowest BCUT2D eigenvalue weighted by Crippen LogP contribution is -2.41. The molecule has 2 N–H and O–H groups in total. The molecular weight excluding hydrogens is 484 g/mol. The van der Waals surface area contributed by atoms with Gasteiger partial charge in [-0.05, 0) is 31.8 Å². The van der Waals surface area contributed by atoms with Crippen molar-refractivity contribution in [2.24, 2.45) is 12.0 Å². The Morgan fingerprint density at radius 2 is 2.00 bits per heavy atom. The minimum Gasteiger partial charge on any atom is -0.354 e. The second kappa shape index (κ2) is 10.6. The molecule has 0 fully saturated rings. The normalized spacial score (nSPS) is 13.2. The Balaban J connectivity index is 0.00000392. The van der Waals surface area contributed by atoms with Crippen molar-refractivity contribution in [1.82, 2.24) is 25.3 Å². The molecule has 10 heteroatoms. The molecule has 0 radical (unpaired) electrons. The van der Waals surface area contributed by atoms with Gasteiger partial charge >= 0.3 is 6.18 Å². The molecule has 0 bridgehead atoms. The first-order valence-electron chi connectivity index (χ1n) is 8.46.